The standard InChI is InChI=1S/C26H35N3O6/c1-34-14-6-11-29-23(31)18-26(25(29)33,21-8-3-2-4-9-21)17-22(30)28-10-5-7-20(19-28)24(32)27-12-15-35-16-13-27/h2-4,8-9,20H,5-7,10-19H2,1H3/t20-,26-/m1/s1. The van der Waals surface area contributed by atoms with Crippen molar-refractivity contribution in [2.24, 2.45) is 5.92 Å². The molecule has 9 heteroatoms. The lowest BCUT2D eigenvalue weighted by Gasteiger charge is -2.37. The number of benzene rings is 1. The number of methoxy groups -OCH3 is 1. The molecule has 0 radical (unpaired) electrons. The Hall–Kier alpha value is -2.78. The summed E-state index contributed by atoms with van der Waals surface area (Å²) in [6, 6.07) is 9.13. The number of nitrogens with zero attached hydrogens (tertiary/aromatic N) is 3. The van der Waals surface area contributed by atoms with Gasteiger partial charge in [-0.05, 0) is 24.8 Å². The van der Waals surface area contributed by atoms with E-state index in [9.17, 15) is 19.2 Å². The van der Waals surface area contributed by atoms with E-state index < -0.39 is 5.41 Å². The third kappa shape index (κ3) is 5.41. The third-order valence-electron chi connectivity index (χ3n) is 7.36. The number of likely N-dealkylation sites (tertiary alicyclic amines) is 2. The number of amides is 4. The topological polar surface area (TPSA) is 96.5 Å². The second-order valence-corrected chi connectivity index (χ2v) is 9.62. The van der Waals surface area contributed by atoms with Crippen molar-refractivity contribution in [3.8, 4) is 0 Å². The molecule has 2 atom stereocenters. The highest BCUT2D eigenvalue weighted by Gasteiger charge is 2.54. The average Bonchev–Trinajstić information content (AvgIpc) is 3.14. The molecule has 3 aliphatic rings. The summed E-state index contributed by atoms with van der Waals surface area (Å²) in [5.41, 5.74) is -0.539. The van der Waals surface area contributed by atoms with Crippen LogP contribution in [0.4, 0.5) is 0 Å². The summed E-state index contributed by atoms with van der Waals surface area (Å²) >= 11 is 0. The summed E-state index contributed by atoms with van der Waals surface area (Å²) < 4.78 is 10.4. The zero-order chi connectivity index (χ0) is 24.8. The van der Waals surface area contributed by atoms with Crippen LogP contribution in [0.15, 0.2) is 30.3 Å². The van der Waals surface area contributed by atoms with Crippen LogP contribution in [0.25, 0.3) is 0 Å². The first-order valence-electron chi connectivity index (χ1n) is 12.5. The SMILES string of the molecule is COCCCN1C(=O)C[C@](CC(=O)N2CCC[C@@H](C(=O)N3CCOCC3)C2)(c2ccccc2)C1=O. The van der Waals surface area contributed by atoms with E-state index in [1.54, 1.807) is 12.0 Å². The van der Waals surface area contributed by atoms with Crippen molar-refractivity contribution in [3.05, 3.63) is 35.9 Å². The number of imide groups is 1. The lowest BCUT2D eigenvalue weighted by atomic mass is 9.75. The Morgan fingerprint density at radius 2 is 1.83 bits per heavy atom. The van der Waals surface area contributed by atoms with Crippen molar-refractivity contribution >= 4 is 23.6 Å². The number of carbonyl (C=O) groups is 4. The van der Waals surface area contributed by atoms with Crippen molar-refractivity contribution < 1.29 is 28.7 Å². The molecule has 35 heavy (non-hydrogen) atoms. The maximum atomic E-state index is 13.7. The fourth-order valence-corrected chi connectivity index (χ4v) is 5.43. The van der Waals surface area contributed by atoms with Gasteiger partial charge in [-0.1, -0.05) is 30.3 Å². The Morgan fingerprint density at radius 1 is 1.09 bits per heavy atom. The third-order valence-corrected chi connectivity index (χ3v) is 7.36. The van der Waals surface area contributed by atoms with Gasteiger partial charge in [-0.15, -0.1) is 0 Å². The molecule has 0 bridgehead atoms. The highest BCUT2D eigenvalue weighted by molar-refractivity contribution is 6.10. The maximum absolute atomic E-state index is 13.7. The summed E-state index contributed by atoms with van der Waals surface area (Å²) in [5.74, 6) is -0.948. The summed E-state index contributed by atoms with van der Waals surface area (Å²) in [4.78, 5) is 58.0. The molecule has 4 amide bonds. The number of piperidine rings is 1. The van der Waals surface area contributed by atoms with Crippen molar-refractivity contribution in [1.82, 2.24) is 14.7 Å². The van der Waals surface area contributed by atoms with Gasteiger partial charge in [0.05, 0.1) is 24.5 Å². The van der Waals surface area contributed by atoms with E-state index in [0.29, 0.717) is 58.0 Å². The normalized spacial score (nSPS) is 25.3. The van der Waals surface area contributed by atoms with Crippen molar-refractivity contribution in [1.29, 1.82) is 0 Å². The summed E-state index contributed by atoms with van der Waals surface area (Å²) in [7, 11) is 1.58. The van der Waals surface area contributed by atoms with Gasteiger partial charge >= 0.3 is 0 Å². The van der Waals surface area contributed by atoms with E-state index in [4.69, 9.17) is 9.47 Å². The summed E-state index contributed by atoms with van der Waals surface area (Å²) in [6.45, 7) is 3.85. The van der Waals surface area contributed by atoms with Gasteiger partial charge in [-0.3, -0.25) is 24.1 Å². The number of carbonyl (C=O) groups excluding carboxylic acids is 4. The van der Waals surface area contributed by atoms with Gasteiger partial charge in [-0.2, -0.15) is 0 Å². The van der Waals surface area contributed by atoms with Gasteiger partial charge in [0, 0.05) is 59.3 Å². The van der Waals surface area contributed by atoms with E-state index in [1.807, 2.05) is 35.2 Å². The predicted octanol–water partition coefficient (Wildman–Crippen LogP) is 1.21. The van der Waals surface area contributed by atoms with Gasteiger partial charge in [-0.25, -0.2) is 0 Å². The van der Waals surface area contributed by atoms with Crippen LogP contribution >= 0.6 is 0 Å². The lowest BCUT2D eigenvalue weighted by Crippen LogP contribution is -2.51. The zero-order valence-electron chi connectivity index (χ0n) is 20.4. The van der Waals surface area contributed by atoms with Crippen LogP contribution in [-0.2, 0) is 34.1 Å². The first-order valence-corrected chi connectivity index (χ1v) is 12.5. The Bertz CT molecular complexity index is 932. The van der Waals surface area contributed by atoms with Crippen molar-refractivity contribution in [3.63, 3.8) is 0 Å². The molecule has 0 spiro atoms. The number of hydrogen-bond acceptors (Lipinski definition) is 6. The van der Waals surface area contributed by atoms with Crippen molar-refractivity contribution in [2.45, 2.75) is 37.5 Å². The Balaban J connectivity index is 1.50. The van der Waals surface area contributed by atoms with E-state index in [-0.39, 0.29) is 48.9 Å². The minimum Gasteiger partial charge on any atom is -0.385 e. The van der Waals surface area contributed by atoms with Gasteiger partial charge in [0.2, 0.25) is 23.6 Å². The van der Waals surface area contributed by atoms with Gasteiger partial charge < -0.3 is 19.3 Å². The fourth-order valence-electron chi connectivity index (χ4n) is 5.43. The van der Waals surface area contributed by atoms with Crippen LogP contribution in [0, 0.1) is 5.92 Å². The summed E-state index contributed by atoms with van der Waals surface area (Å²) in [6.07, 6.45) is 1.92. The molecule has 0 saturated carbocycles. The summed E-state index contributed by atoms with van der Waals surface area (Å²) in [5, 5.41) is 0. The molecule has 3 aliphatic heterocycles. The van der Waals surface area contributed by atoms with Crippen LogP contribution in [-0.4, -0.2) is 98.0 Å². The number of ether oxygens (including phenoxy) is 2. The van der Waals surface area contributed by atoms with Crippen LogP contribution in [0.1, 0.15) is 37.7 Å². The molecule has 3 saturated heterocycles. The second-order valence-electron chi connectivity index (χ2n) is 9.62. The molecule has 0 N–H and O–H groups in total. The van der Waals surface area contributed by atoms with Crippen molar-refractivity contribution in [2.75, 3.05) is 59.7 Å². The lowest BCUT2D eigenvalue weighted by molar-refractivity contribution is -0.146. The highest BCUT2D eigenvalue weighted by atomic mass is 16.5. The molecule has 9 nitrogen and oxygen atoms in total. The van der Waals surface area contributed by atoms with Crippen LogP contribution in [0.2, 0.25) is 0 Å². The Labute approximate surface area is 206 Å². The predicted molar refractivity (Wildman–Crippen MR) is 127 cm³/mol. The van der Waals surface area contributed by atoms with Crippen LogP contribution in [0.5, 0.6) is 0 Å². The monoisotopic (exact) mass is 485 g/mol. The highest BCUT2D eigenvalue weighted by Crippen LogP contribution is 2.40. The fraction of sp³-hybridized carbons (Fsp3) is 0.615. The number of morpholine rings is 1. The Morgan fingerprint density at radius 3 is 2.54 bits per heavy atom. The number of rotatable bonds is 8. The van der Waals surface area contributed by atoms with E-state index in [2.05, 4.69) is 0 Å². The molecule has 0 unspecified atom stereocenters. The molecule has 4 rings (SSSR count). The molecular formula is C26H35N3O6. The molecule has 1 aromatic rings. The zero-order valence-corrected chi connectivity index (χ0v) is 20.4. The van der Waals surface area contributed by atoms with Crippen LogP contribution < -0.4 is 0 Å². The van der Waals surface area contributed by atoms with E-state index in [1.165, 1.54) is 4.90 Å². The van der Waals surface area contributed by atoms with E-state index in [0.717, 1.165) is 12.8 Å². The molecule has 190 valence electrons. The number of hydrogen-bond donors (Lipinski definition) is 0. The quantitative estimate of drug-likeness (QED) is 0.406. The second kappa shape index (κ2) is 11.3. The minimum atomic E-state index is -1.22. The molecule has 3 heterocycles. The largest absolute Gasteiger partial charge is 0.385 e. The van der Waals surface area contributed by atoms with Gasteiger partial charge in [0.15, 0.2) is 0 Å². The van der Waals surface area contributed by atoms with Gasteiger partial charge in [0.25, 0.3) is 0 Å². The van der Waals surface area contributed by atoms with Crippen LogP contribution in [0.3, 0.4) is 0 Å². The van der Waals surface area contributed by atoms with Gasteiger partial charge in [0.1, 0.15) is 0 Å². The Kier molecular flexibility index (Phi) is 8.18. The smallest absolute Gasteiger partial charge is 0.240 e. The molecule has 0 aliphatic carbocycles. The minimum absolute atomic E-state index is 0.0292. The molecular weight excluding hydrogens is 450 g/mol. The maximum Gasteiger partial charge on any atom is 0.240 e. The first kappa shape index (κ1) is 25.3. The van der Waals surface area contributed by atoms with E-state index >= 15 is 0 Å². The first-order chi connectivity index (χ1) is 17.0. The molecule has 1 aromatic carbocycles. The molecule has 3 fully saturated rings. The average molecular weight is 486 g/mol. The molecule has 0 aromatic heterocycles.